The molecule has 1 fully saturated rings. The van der Waals surface area contributed by atoms with Crippen LogP contribution in [0.15, 0.2) is 174 Å². The molecule has 3 heterocycles. The second kappa shape index (κ2) is 18.9. The summed E-state index contributed by atoms with van der Waals surface area (Å²) in [7, 11) is -2.45. The summed E-state index contributed by atoms with van der Waals surface area (Å²) in [5.74, 6) is -0.270. The van der Waals surface area contributed by atoms with E-state index in [0.717, 1.165) is 55.5 Å². The van der Waals surface area contributed by atoms with E-state index in [9.17, 15) is 9.59 Å². The molecule has 0 N–H and O–H groups in total. The Morgan fingerprint density at radius 3 is 1.64 bits per heavy atom. The molecule has 8 rings (SSSR count). The number of imide groups is 1. The van der Waals surface area contributed by atoms with E-state index in [-0.39, 0.29) is 17.7 Å². The van der Waals surface area contributed by atoms with Gasteiger partial charge in [-0.25, -0.2) is 0 Å². The van der Waals surface area contributed by atoms with Gasteiger partial charge >= 0.3 is 298 Å². The molecule has 2 amide bonds. The van der Waals surface area contributed by atoms with Gasteiger partial charge in [0.2, 0.25) is 0 Å². The van der Waals surface area contributed by atoms with Crippen LogP contribution in [0.2, 0.25) is 0 Å². The molecule has 3 nitrogen and oxygen atoms in total. The Kier molecular flexibility index (Phi) is 13.2. The van der Waals surface area contributed by atoms with Crippen molar-refractivity contribution < 1.29 is 27.5 Å². The first-order chi connectivity index (χ1) is 29.8. The summed E-state index contributed by atoms with van der Waals surface area (Å²) in [6, 6.07) is 45.4. The number of rotatable bonds is 12. The number of hydrogen-bond acceptors (Lipinski definition) is 4. The van der Waals surface area contributed by atoms with Crippen molar-refractivity contribution >= 4 is 69.8 Å². The van der Waals surface area contributed by atoms with Crippen molar-refractivity contribution in [3.63, 3.8) is 0 Å². The van der Waals surface area contributed by atoms with Crippen LogP contribution in [0.4, 0.5) is 0 Å². The summed E-state index contributed by atoms with van der Waals surface area (Å²) in [6.45, 7) is 8.62. The number of carbonyl (C=O) groups excluding carboxylic acids is 2. The minimum atomic E-state index is -2.45. The van der Waals surface area contributed by atoms with Crippen LogP contribution in [-0.4, -0.2) is 23.3 Å². The minimum absolute atomic E-state index is 0.149. The van der Waals surface area contributed by atoms with Gasteiger partial charge in [-0.15, -0.1) is 11.3 Å². The van der Waals surface area contributed by atoms with E-state index in [2.05, 4.69) is 157 Å². The van der Waals surface area contributed by atoms with E-state index in [0.29, 0.717) is 17.7 Å². The number of allylic oxidation sites excluding steroid dienone is 8. The van der Waals surface area contributed by atoms with E-state index in [1.807, 2.05) is 56.9 Å². The second-order valence-corrected chi connectivity index (χ2v) is 21.9. The number of benzene rings is 4. The number of nitrogens with zero attached hydrogens (tertiary/aromatic N) is 1. The molecule has 0 spiro atoms. The van der Waals surface area contributed by atoms with Gasteiger partial charge < -0.3 is 0 Å². The van der Waals surface area contributed by atoms with Gasteiger partial charge in [-0.2, -0.15) is 0 Å². The Labute approximate surface area is 379 Å². The van der Waals surface area contributed by atoms with E-state index < -0.39 is 7.26 Å². The first kappa shape index (κ1) is 42.6. The van der Waals surface area contributed by atoms with Crippen molar-refractivity contribution in [3.05, 3.63) is 195 Å². The van der Waals surface area contributed by atoms with Crippen LogP contribution in [0, 0.1) is 10.3 Å². The fraction of sp³-hybridized carbons (Fsp3) is 0.167. The van der Waals surface area contributed by atoms with Crippen LogP contribution < -0.4 is 15.9 Å². The topological polar surface area (TPSA) is 37.4 Å². The number of carbonyl (C=O) groups is 2. The third kappa shape index (κ3) is 8.34. The van der Waals surface area contributed by atoms with Crippen LogP contribution in [-0.2, 0) is 17.9 Å². The van der Waals surface area contributed by atoms with Crippen molar-refractivity contribution in [2.75, 3.05) is 6.54 Å². The number of amides is 2. The van der Waals surface area contributed by atoms with Gasteiger partial charge in [0.15, 0.2) is 0 Å². The Morgan fingerprint density at radius 1 is 0.689 bits per heavy atom. The molecule has 0 unspecified atom stereocenters. The summed E-state index contributed by atoms with van der Waals surface area (Å²) < 4.78 is 3.86. The normalized spacial score (nSPS) is 16.1. The molecule has 305 valence electrons. The van der Waals surface area contributed by atoms with Crippen molar-refractivity contribution in [2.24, 2.45) is 5.92 Å². The molecule has 0 bridgehead atoms. The van der Waals surface area contributed by atoms with E-state index >= 15 is 0 Å². The van der Waals surface area contributed by atoms with Crippen molar-refractivity contribution in [2.45, 2.75) is 47.0 Å². The molecule has 61 heavy (non-hydrogen) atoms. The molecule has 1 aliphatic heterocycles. The molecule has 2 aromatic heterocycles. The van der Waals surface area contributed by atoms with E-state index in [1.54, 1.807) is 22.7 Å². The monoisotopic (exact) mass is 1030 g/mol. The standard InChI is InChI=1S/C54H48NO2PS2.Os/c1-6-18-45-29-33-49(59-45)47-31-32-48(52-51(47)53(56)55(54(52)57)36-37(3)4)50-34-30-46(60-50)28-27-40(35-41-20-17-19-39(41)7-2)38(5)58(42-21-11-8-12-22-42,43-23-13-9-14-24-43)44-25-15-10-16-26-44;/h6-16,18,21-35,37H,17,19-20,36H2,1-4H3;/q+1;/b18-6+,28-27+,39-7?,40-38?,41-35?;. The third-order valence-corrected chi connectivity index (χ3v) is 18.9. The fourth-order valence-corrected chi connectivity index (χ4v) is 16.4. The number of hydrogen-bond donors (Lipinski definition) is 0. The average Bonchev–Trinajstić information content (AvgIpc) is 4.11. The van der Waals surface area contributed by atoms with Gasteiger partial charge in [-0.1, -0.05) is 19.9 Å². The van der Waals surface area contributed by atoms with Crippen LogP contribution in [0.5, 0.6) is 0 Å². The Morgan fingerprint density at radius 2 is 1.18 bits per heavy atom. The van der Waals surface area contributed by atoms with E-state index in [4.69, 9.17) is 0 Å². The van der Waals surface area contributed by atoms with Crippen molar-refractivity contribution in [1.82, 2.24) is 4.90 Å². The summed E-state index contributed by atoms with van der Waals surface area (Å²) >= 11 is 5.09. The van der Waals surface area contributed by atoms with Gasteiger partial charge in [0.05, 0.1) is 0 Å². The molecular weight excluding hydrogens is 980 g/mol. The third-order valence-electron chi connectivity index (χ3n) is 11.3. The maximum atomic E-state index is 14.3. The van der Waals surface area contributed by atoms with Gasteiger partial charge in [-0.3, -0.25) is 4.79 Å². The van der Waals surface area contributed by atoms with Gasteiger partial charge in [-0.05, 0) is 31.1 Å². The predicted molar refractivity (Wildman–Crippen MR) is 259 cm³/mol. The Bertz CT molecular complexity index is 2700. The molecular formula is C54H48NO2OsPS2+. The zero-order valence-electron chi connectivity index (χ0n) is 34.9. The predicted octanol–water partition coefficient (Wildman–Crippen LogP) is 13.3. The number of fused-ring (bicyclic) bond motifs is 1. The quantitative estimate of drug-likeness (QED) is 0.0696. The molecule has 0 radical (unpaired) electrons. The van der Waals surface area contributed by atoms with Gasteiger partial charge in [0, 0.05) is 16.3 Å². The summed E-state index contributed by atoms with van der Waals surface area (Å²) in [5, 5.41) is 5.05. The summed E-state index contributed by atoms with van der Waals surface area (Å²) in [4.78, 5) is 34.0. The van der Waals surface area contributed by atoms with Crippen LogP contribution in [0.1, 0.15) is 77.4 Å². The molecule has 1 aliphatic carbocycles. The van der Waals surface area contributed by atoms with Gasteiger partial charge in [0.1, 0.15) is 0 Å². The van der Waals surface area contributed by atoms with Crippen molar-refractivity contribution in [3.8, 4) is 25.3 Å². The zero-order valence-corrected chi connectivity index (χ0v) is 39.9. The molecule has 0 atom stereocenters. The Balaban J connectivity index is 1.30. The first-order valence-electron chi connectivity index (χ1n) is 20.8. The second-order valence-electron chi connectivity index (χ2n) is 15.7. The summed E-state index contributed by atoms with van der Waals surface area (Å²) in [6.07, 6.45) is 16.6. The molecule has 4 aromatic carbocycles. The molecule has 0 saturated heterocycles. The van der Waals surface area contributed by atoms with Crippen molar-refractivity contribution in [1.29, 1.82) is 0 Å². The summed E-state index contributed by atoms with van der Waals surface area (Å²) in [5.41, 5.74) is 6.58. The van der Waals surface area contributed by atoms with Crippen LogP contribution in [0.25, 0.3) is 33.0 Å². The fourth-order valence-electron chi connectivity index (χ4n) is 8.62. The van der Waals surface area contributed by atoms with Crippen LogP contribution in [0.3, 0.4) is 0 Å². The molecule has 7 heteroatoms. The van der Waals surface area contributed by atoms with Crippen LogP contribution >= 0.6 is 29.9 Å². The molecule has 2 aliphatic rings. The Hall–Kier alpha value is -5.03. The van der Waals surface area contributed by atoms with Gasteiger partial charge in [0.25, 0.3) is 0 Å². The molecule has 1 saturated carbocycles. The number of thiophene rings is 2. The first-order valence-corrected chi connectivity index (χ1v) is 25.5. The maximum absolute atomic E-state index is 14.3. The SMILES string of the molecule is CC=C1CCCC1=CC(/C=C/c1ccc(-c2ccc(-c3ccc(/C=C/C)s3)c3c2C(=O)N(CC(C)C)C3=O)s1)=C([C]#[Os])[P+](c1ccccc1)(c1ccccc1)c1ccccc1. The molecule has 6 aromatic rings. The average molecular weight is 1030 g/mol. The van der Waals surface area contributed by atoms with E-state index in [1.165, 1.54) is 37.3 Å². The zero-order chi connectivity index (χ0) is 42.5.